The zero-order valence-corrected chi connectivity index (χ0v) is 11.1. The fourth-order valence-electron chi connectivity index (χ4n) is 3.11. The van der Waals surface area contributed by atoms with Crippen LogP contribution in [0.4, 0.5) is 4.79 Å². The van der Waals surface area contributed by atoms with E-state index in [1.807, 2.05) is 37.8 Å². The Morgan fingerprint density at radius 1 is 1.17 bits per heavy atom. The van der Waals surface area contributed by atoms with E-state index in [0.29, 0.717) is 0 Å². The molecule has 0 radical (unpaired) electrons. The van der Waals surface area contributed by atoms with Gasteiger partial charge in [0.1, 0.15) is 5.60 Å². The summed E-state index contributed by atoms with van der Waals surface area (Å²) in [6.07, 6.45) is 1.94. The summed E-state index contributed by atoms with van der Waals surface area (Å²) in [5, 5.41) is 0. The molecule has 0 aromatic heterocycles. The Morgan fingerprint density at radius 3 is 2.11 bits per heavy atom. The van der Waals surface area contributed by atoms with Crippen LogP contribution in [0, 0.1) is 0 Å². The summed E-state index contributed by atoms with van der Waals surface area (Å²) in [6.45, 7) is 5.74. The Kier molecular flexibility index (Phi) is 2.40. The predicted octanol–water partition coefficient (Wildman–Crippen LogP) is 3.81. The van der Waals surface area contributed by atoms with Gasteiger partial charge in [0.25, 0.3) is 0 Å². The minimum atomic E-state index is -0.425. The van der Waals surface area contributed by atoms with Gasteiger partial charge in [-0.05, 0) is 44.7 Å². The Morgan fingerprint density at radius 2 is 1.67 bits per heavy atom. The van der Waals surface area contributed by atoms with E-state index in [2.05, 4.69) is 12.1 Å². The molecule has 3 nitrogen and oxygen atoms in total. The number of carbonyl (C=O) groups is 1. The standard InChI is InChI=1S/C15H19NO2/c1-15(2,3)18-14(17)16-12-8-9-13(16)11-7-5-4-6-10(11)12/h4-7,12-13H,8-9H2,1-3H3/t12-,13-/m1/s1. The number of ether oxygens (including phenoxy) is 1. The normalized spacial score (nSPS) is 25.2. The summed E-state index contributed by atoms with van der Waals surface area (Å²) < 4.78 is 5.52. The van der Waals surface area contributed by atoms with Gasteiger partial charge >= 0.3 is 6.09 Å². The van der Waals surface area contributed by atoms with Crippen molar-refractivity contribution in [3.05, 3.63) is 35.4 Å². The summed E-state index contributed by atoms with van der Waals surface area (Å²) >= 11 is 0. The second-order valence-electron chi connectivity index (χ2n) is 6.13. The Balaban J connectivity index is 1.88. The first-order valence-electron chi connectivity index (χ1n) is 6.57. The summed E-state index contributed by atoms with van der Waals surface area (Å²) in [5.41, 5.74) is 2.19. The van der Waals surface area contributed by atoms with E-state index in [1.54, 1.807) is 0 Å². The van der Waals surface area contributed by atoms with E-state index < -0.39 is 5.60 Å². The third-order valence-electron chi connectivity index (χ3n) is 3.70. The minimum absolute atomic E-state index is 0.175. The van der Waals surface area contributed by atoms with Crippen LogP contribution >= 0.6 is 0 Å². The van der Waals surface area contributed by atoms with Gasteiger partial charge in [0.15, 0.2) is 0 Å². The lowest BCUT2D eigenvalue weighted by Gasteiger charge is -2.27. The molecule has 1 saturated heterocycles. The Labute approximate surface area is 108 Å². The molecule has 2 heterocycles. The summed E-state index contributed by atoms with van der Waals surface area (Å²) in [7, 11) is 0. The van der Waals surface area contributed by atoms with E-state index in [4.69, 9.17) is 4.74 Å². The highest BCUT2D eigenvalue weighted by Crippen LogP contribution is 2.53. The number of amides is 1. The second-order valence-corrected chi connectivity index (χ2v) is 6.13. The molecule has 1 aromatic rings. The SMILES string of the molecule is CC(C)(C)OC(=O)N1[C@@H]2CC[C@@H]1c1ccccc12. The molecule has 0 spiro atoms. The number of nitrogens with zero attached hydrogens (tertiary/aromatic N) is 1. The summed E-state index contributed by atoms with van der Waals surface area (Å²) in [6, 6.07) is 8.81. The summed E-state index contributed by atoms with van der Waals surface area (Å²) in [4.78, 5) is 14.2. The lowest BCUT2D eigenvalue weighted by Crippen LogP contribution is -2.34. The van der Waals surface area contributed by atoms with Crippen molar-refractivity contribution >= 4 is 6.09 Å². The third kappa shape index (κ3) is 1.69. The molecule has 0 unspecified atom stereocenters. The van der Waals surface area contributed by atoms with Crippen LogP contribution in [0.2, 0.25) is 0 Å². The van der Waals surface area contributed by atoms with Gasteiger partial charge in [-0.25, -0.2) is 4.79 Å². The van der Waals surface area contributed by atoms with E-state index in [9.17, 15) is 4.79 Å². The minimum Gasteiger partial charge on any atom is -0.444 e. The fraction of sp³-hybridized carbons (Fsp3) is 0.533. The van der Waals surface area contributed by atoms with Gasteiger partial charge in [-0.3, -0.25) is 4.90 Å². The van der Waals surface area contributed by atoms with Gasteiger partial charge in [-0.2, -0.15) is 0 Å². The highest BCUT2D eigenvalue weighted by molar-refractivity contribution is 5.72. The van der Waals surface area contributed by atoms with Crippen molar-refractivity contribution in [2.24, 2.45) is 0 Å². The van der Waals surface area contributed by atoms with Crippen molar-refractivity contribution in [3.8, 4) is 0 Å². The topological polar surface area (TPSA) is 29.5 Å². The van der Waals surface area contributed by atoms with Crippen molar-refractivity contribution in [2.75, 3.05) is 0 Å². The van der Waals surface area contributed by atoms with Gasteiger partial charge < -0.3 is 4.74 Å². The maximum Gasteiger partial charge on any atom is 0.411 e. The molecule has 2 bridgehead atoms. The van der Waals surface area contributed by atoms with Crippen molar-refractivity contribution < 1.29 is 9.53 Å². The lowest BCUT2D eigenvalue weighted by molar-refractivity contribution is 0.0177. The van der Waals surface area contributed by atoms with Crippen LogP contribution in [-0.4, -0.2) is 16.6 Å². The Bertz CT molecular complexity index is 459. The zero-order chi connectivity index (χ0) is 12.9. The van der Waals surface area contributed by atoms with Crippen LogP contribution in [0.3, 0.4) is 0 Å². The quantitative estimate of drug-likeness (QED) is 0.695. The van der Waals surface area contributed by atoms with Gasteiger partial charge in [0.05, 0.1) is 12.1 Å². The van der Waals surface area contributed by atoms with Crippen LogP contribution in [0.15, 0.2) is 24.3 Å². The highest BCUT2D eigenvalue weighted by Gasteiger charge is 2.47. The van der Waals surface area contributed by atoms with Crippen LogP contribution < -0.4 is 0 Å². The van der Waals surface area contributed by atoms with Crippen molar-refractivity contribution in [1.29, 1.82) is 0 Å². The van der Waals surface area contributed by atoms with Crippen molar-refractivity contribution in [1.82, 2.24) is 4.90 Å². The molecule has 3 heteroatoms. The number of fused-ring (bicyclic) bond motifs is 5. The molecule has 0 saturated carbocycles. The summed E-state index contributed by atoms with van der Waals surface area (Å²) in [5.74, 6) is 0. The van der Waals surface area contributed by atoms with Gasteiger partial charge in [0.2, 0.25) is 0 Å². The van der Waals surface area contributed by atoms with E-state index in [-0.39, 0.29) is 18.2 Å². The van der Waals surface area contributed by atoms with Crippen molar-refractivity contribution in [2.45, 2.75) is 51.3 Å². The first kappa shape index (κ1) is 11.6. The monoisotopic (exact) mass is 245 g/mol. The molecule has 2 atom stereocenters. The largest absolute Gasteiger partial charge is 0.444 e. The molecule has 1 amide bonds. The zero-order valence-electron chi connectivity index (χ0n) is 11.1. The Hall–Kier alpha value is -1.51. The molecule has 1 aromatic carbocycles. The maximum atomic E-state index is 12.3. The van der Waals surface area contributed by atoms with Crippen LogP contribution in [0.5, 0.6) is 0 Å². The smallest absolute Gasteiger partial charge is 0.411 e. The van der Waals surface area contributed by atoms with Gasteiger partial charge in [-0.15, -0.1) is 0 Å². The predicted molar refractivity (Wildman–Crippen MR) is 69.2 cm³/mol. The second kappa shape index (κ2) is 3.74. The average Bonchev–Trinajstić information content (AvgIpc) is 2.83. The number of carbonyl (C=O) groups excluding carboxylic acids is 1. The first-order valence-corrected chi connectivity index (χ1v) is 6.57. The number of hydrogen-bond acceptors (Lipinski definition) is 2. The molecule has 18 heavy (non-hydrogen) atoms. The average molecular weight is 245 g/mol. The van der Waals surface area contributed by atoms with E-state index in [1.165, 1.54) is 11.1 Å². The van der Waals surface area contributed by atoms with Gasteiger partial charge in [0, 0.05) is 0 Å². The van der Waals surface area contributed by atoms with Crippen LogP contribution in [-0.2, 0) is 4.74 Å². The number of hydrogen-bond donors (Lipinski definition) is 0. The van der Waals surface area contributed by atoms with Gasteiger partial charge in [-0.1, -0.05) is 24.3 Å². The molecule has 1 fully saturated rings. The molecular formula is C15H19NO2. The molecule has 0 N–H and O–H groups in total. The highest BCUT2D eigenvalue weighted by atomic mass is 16.6. The molecule has 3 rings (SSSR count). The molecular weight excluding hydrogens is 226 g/mol. The molecule has 2 aliphatic rings. The van der Waals surface area contributed by atoms with E-state index in [0.717, 1.165) is 12.8 Å². The molecule has 2 aliphatic heterocycles. The maximum absolute atomic E-state index is 12.3. The number of benzene rings is 1. The third-order valence-corrected chi connectivity index (χ3v) is 3.70. The molecule has 96 valence electrons. The van der Waals surface area contributed by atoms with E-state index >= 15 is 0 Å². The van der Waals surface area contributed by atoms with Crippen molar-refractivity contribution in [3.63, 3.8) is 0 Å². The first-order chi connectivity index (χ1) is 8.47. The number of rotatable bonds is 0. The fourth-order valence-corrected chi connectivity index (χ4v) is 3.11. The molecule has 0 aliphatic carbocycles. The van der Waals surface area contributed by atoms with Crippen LogP contribution in [0.25, 0.3) is 0 Å². The van der Waals surface area contributed by atoms with Crippen LogP contribution in [0.1, 0.15) is 56.8 Å². The lowest BCUT2D eigenvalue weighted by atomic mass is 9.92.